The number of benzene rings is 2. The van der Waals surface area contributed by atoms with E-state index in [1.807, 2.05) is 30.3 Å². The number of hydrogen-bond acceptors (Lipinski definition) is 4. The van der Waals surface area contributed by atoms with Crippen LogP contribution in [0.15, 0.2) is 54.6 Å². The smallest absolute Gasteiger partial charge is 0.308 e. The first-order valence-corrected chi connectivity index (χ1v) is 8.75. The molecule has 6 nitrogen and oxygen atoms in total. The van der Waals surface area contributed by atoms with Gasteiger partial charge in [0, 0.05) is 24.6 Å². The third kappa shape index (κ3) is 4.34. The number of hydrogen-bond donors (Lipinski definition) is 1. The summed E-state index contributed by atoms with van der Waals surface area (Å²) in [5.41, 5.74) is 1.42. The highest BCUT2D eigenvalue weighted by molar-refractivity contribution is 5.94. The van der Waals surface area contributed by atoms with E-state index in [0.29, 0.717) is 17.9 Å². The number of likely N-dealkylation sites (tertiary alicyclic amines) is 1. The SMILES string of the molecule is CC(=O)c1cccc(OCC(=O)N2CC(C(=O)O)C(c3ccccc3)C2)c1. The molecule has 0 radical (unpaired) electrons. The van der Waals surface area contributed by atoms with Crippen molar-refractivity contribution in [3.8, 4) is 5.75 Å². The molecule has 2 atom stereocenters. The largest absolute Gasteiger partial charge is 0.484 e. The van der Waals surface area contributed by atoms with Crippen molar-refractivity contribution in [2.24, 2.45) is 5.92 Å². The van der Waals surface area contributed by atoms with Gasteiger partial charge in [0.05, 0.1) is 5.92 Å². The molecule has 6 heteroatoms. The summed E-state index contributed by atoms with van der Waals surface area (Å²) in [6, 6.07) is 16.0. The van der Waals surface area contributed by atoms with Gasteiger partial charge in [0.25, 0.3) is 5.91 Å². The molecule has 2 aromatic carbocycles. The number of nitrogens with zero attached hydrogens (tertiary/aromatic N) is 1. The van der Waals surface area contributed by atoms with Crippen molar-refractivity contribution in [2.45, 2.75) is 12.8 Å². The minimum atomic E-state index is -0.908. The minimum Gasteiger partial charge on any atom is -0.484 e. The zero-order valence-corrected chi connectivity index (χ0v) is 15.0. The van der Waals surface area contributed by atoms with Crippen molar-refractivity contribution >= 4 is 17.7 Å². The Bertz CT molecular complexity index is 849. The lowest BCUT2D eigenvalue weighted by Crippen LogP contribution is -2.33. The first kappa shape index (κ1) is 18.6. The number of carboxylic acid groups (broad SMARTS) is 1. The molecule has 1 heterocycles. The standard InChI is InChI=1S/C21H21NO5/c1-14(23)16-8-5-9-17(10-16)27-13-20(24)22-11-18(19(12-22)21(25)26)15-6-3-2-4-7-15/h2-10,18-19H,11-13H2,1H3,(H,25,26). The third-order valence-corrected chi connectivity index (χ3v) is 4.82. The quantitative estimate of drug-likeness (QED) is 0.794. The predicted molar refractivity (Wildman–Crippen MR) is 98.8 cm³/mol. The molecule has 3 rings (SSSR count). The number of amides is 1. The average molecular weight is 367 g/mol. The molecule has 0 saturated carbocycles. The molecule has 0 aromatic heterocycles. The lowest BCUT2D eigenvalue weighted by Gasteiger charge is -2.17. The number of ether oxygens (including phenoxy) is 1. The van der Waals surface area contributed by atoms with E-state index in [2.05, 4.69) is 0 Å². The highest BCUT2D eigenvalue weighted by atomic mass is 16.5. The molecule has 1 aliphatic rings. The predicted octanol–water partition coefficient (Wildman–Crippen LogP) is 2.59. The van der Waals surface area contributed by atoms with E-state index in [4.69, 9.17) is 4.74 Å². The maximum absolute atomic E-state index is 12.5. The molecule has 0 spiro atoms. The summed E-state index contributed by atoms with van der Waals surface area (Å²) in [6.45, 7) is 1.76. The Kier molecular flexibility index (Phi) is 5.54. The van der Waals surface area contributed by atoms with Gasteiger partial charge in [0.2, 0.25) is 0 Å². The van der Waals surface area contributed by atoms with Crippen LogP contribution in [0.4, 0.5) is 0 Å². The molecule has 2 aromatic rings. The molecule has 1 fully saturated rings. The van der Waals surface area contributed by atoms with E-state index in [9.17, 15) is 19.5 Å². The Morgan fingerprint density at radius 2 is 1.81 bits per heavy atom. The summed E-state index contributed by atoms with van der Waals surface area (Å²) in [5.74, 6) is -1.71. The minimum absolute atomic E-state index is 0.0821. The molecule has 140 valence electrons. The third-order valence-electron chi connectivity index (χ3n) is 4.82. The average Bonchev–Trinajstić information content (AvgIpc) is 3.13. The van der Waals surface area contributed by atoms with E-state index < -0.39 is 11.9 Å². The molecule has 2 unspecified atom stereocenters. The fraction of sp³-hybridized carbons (Fsp3) is 0.286. The van der Waals surface area contributed by atoms with Crippen molar-refractivity contribution < 1.29 is 24.2 Å². The van der Waals surface area contributed by atoms with Crippen LogP contribution in [0.25, 0.3) is 0 Å². The summed E-state index contributed by atoms with van der Waals surface area (Å²) in [6.07, 6.45) is 0. The second-order valence-corrected chi connectivity index (χ2v) is 6.63. The van der Waals surface area contributed by atoms with Crippen LogP contribution in [0.2, 0.25) is 0 Å². The van der Waals surface area contributed by atoms with Crippen LogP contribution >= 0.6 is 0 Å². The fourth-order valence-corrected chi connectivity index (χ4v) is 3.34. The summed E-state index contributed by atoms with van der Waals surface area (Å²) < 4.78 is 5.52. The number of ketones is 1. The van der Waals surface area contributed by atoms with Crippen LogP contribution in [0.5, 0.6) is 5.75 Å². The summed E-state index contributed by atoms with van der Waals surface area (Å²) in [7, 11) is 0. The van der Waals surface area contributed by atoms with E-state index in [0.717, 1.165) is 5.56 Å². The van der Waals surface area contributed by atoms with Crippen molar-refractivity contribution in [3.05, 3.63) is 65.7 Å². The summed E-state index contributed by atoms with van der Waals surface area (Å²) in [5, 5.41) is 9.53. The van der Waals surface area contributed by atoms with Crippen LogP contribution in [-0.4, -0.2) is 47.4 Å². The molecular formula is C21H21NO5. The number of aliphatic carboxylic acids is 1. The Balaban J connectivity index is 1.66. The Morgan fingerprint density at radius 1 is 1.07 bits per heavy atom. The van der Waals surface area contributed by atoms with Crippen LogP contribution in [-0.2, 0) is 9.59 Å². The van der Waals surface area contributed by atoms with Gasteiger partial charge in [-0.1, -0.05) is 42.5 Å². The molecule has 27 heavy (non-hydrogen) atoms. The van der Waals surface area contributed by atoms with Gasteiger partial charge in [-0.15, -0.1) is 0 Å². The van der Waals surface area contributed by atoms with Crippen LogP contribution in [0.1, 0.15) is 28.8 Å². The van der Waals surface area contributed by atoms with Crippen molar-refractivity contribution in [1.82, 2.24) is 4.90 Å². The first-order valence-electron chi connectivity index (χ1n) is 8.75. The van der Waals surface area contributed by atoms with E-state index in [1.165, 1.54) is 11.8 Å². The highest BCUT2D eigenvalue weighted by Crippen LogP contribution is 2.33. The normalized spacial score (nSPS) is 18.9. The Hall–Kier alpha value is -3.15. The molecule has 1 aliphatic heterocycles. The summed E-state index contributed by atoms with van der Waals surface area (Å²) >= 11 is 0. The van der Waals surface area contributed by atoms with Crippen molar-refractivity contribution in [1.29, 1.82) is 0 Å². The van der Waals surface area contributed by atoms with Crippen LogP contribution < -0.4 is 4.74 Å². The van der Waals surface area contributed by atoms with E-state index in [1.54, 1.807) is 24.3 Å². The zero-order valence-electron chi connectivity index (χ0n) is 15.0. The maximum atomic E-state index is 12.5. The van der Waals surface area contributed by atoms with Crippen molar-refractivity contribution in [3.63, 3.8) is 0 Å². The number of carboxylic acids is 1. The first-order chi connectivity index (χ1) is 13.0. The fourth-order valence-electron chi connectivity index (χ4n) is 3.34. The van der Waals surface area contributed by atoms with Gasteiger partial charge in [0.1, 0.15) is 5.75 Å². The van der Waals surface area contributed by atoms with E-state index in [-0.39, 0.29) is 30.8 Å². The zero-order chi connectivity index (χ0) is 19.4. The second-order valence-electron chi connectivity index (χ2n) is 6.63. The second kappa shape index (κ2) is 8.03. The molecule has 1 amide bonds. The van der Waals surface area contributed by atoms with Gasteiger partial charge in [-0.2, -0.15) is 0 Å². The topological polar surface area (TPSA) is 83.9 Å². The van der Waals surface area contributed by atoms with Crippen molar-refractivity contribution in [2.75, 3.05) is 19.7 Å². The molecule has 0 bridgehead atoms. The molecule has 1 N–H and O–H groups in total. The molecular weight excluding hydrogens is 346 g/mol. The number of rotatable bonds is 6. The van der Waals surface area contributed by atoms with Crippen LogP contribution in [0, 0.1) is 5.92 Å². The van der Waals surface area contributed by atoms with Gasteiger partial charge < -0.3 is 14.7 Å². The number of carbonyl (C=O) groups is 3. The molecule has 0 aliphatic carbocycles. The van der Waals surface area contributed by atoms with E-state index >= 15 is 0 Å². The molecule has 1 saturated heterocycles. The number of carbonyl (C=O) groups excluding carboxylic acids is 2. The lowest BCUT2D eigenvalue weighted by atomic mass is 9.89. The highest BCUT2D eigenvalue weighted by Gasteiger charge is 2.40. The van der Waals surface area contributed by atoms with Gasteiger partial charge in [0.15, 0.2) is 12.4 Å². The van der Waals surface area contributed by atoms with Crippen LogP contribution in [0.3, 0.4) is 0 Å². The van der Waals surface area contributed by atoms with Gasteiger partial charge >= 0.3 is 5.97 Å². The Labute approximate surface area is 157 Å². The monoisotopic (exact) mass is 367 g/mol. The maximum Gasteiger partial charge on any atom is 0.308 e. The summed E-state index contributed by atoms with van der Waals surface area (Å²) in [4.78, 5) is 37.1. The Morgan fingerprint density at radius 3 is 2.48 bits per heavy atom. The lowest BCUT2D eigenvalue weighted by molar-refractivity contribution is -0.142. The van der Waals surface area contributed by atoms with Gasteiger partial charge in [-0.3, -0.25) is 14.4 Å². The van der Waals surface area contributed by atoms with Gasteiger partial charge in [-0.05, 0) is 24.6 Å². The number of Topliss-reactive ketones (excluding diaryl/α,β-unsaturated/α-hetero) is 1. The van der Waals surface area contributed by atoms with Gasteiger partial charge in [-0.25, -0.2) is 0 Å².